The highest BCUT2D eigenvalue weighted by molar-refractivity contribution is 6.35. The second kappa shape index (κ2) is 5.37. The lowest BCUT2D eigenvalue weighted by Crippen LogP contribution is -1.99. The van der Waals surface area contributed by atoms with Crippen molar-refractivity contribution in [2.75, 3.05) is 0 Å². The van der Waals surface area contributed by atoms with Gasteiger partial charge >= 0.3 is 0 Å². The Morgan fingerprint density at radius 3 is 2.81 bits per heavy atom. The summed E-state index contributed by atoms with van der Waals surface area (Å²) in [7, 11) is 0. The van der Waals surface area contributed by atoms with Gasteiger partial charge in [-0.3, -0.25) is 4.68 Å². The number of aryl methyl sites for hydroxylation is 1. The van der Waals surface area contributed by atoms with Crippen LogP contribution in [0.2, 0.25) is 5.02 Å². The Balaban J connectivity index is 2.27. The van der Waals surface area contributed by atoms with Crippen LogP contribution in [-0.2, 0) is 6.54 Å². The summed E-state index contributed by atoms with van der Waals surface area (Å²) in [5.41, 5.74) is 2.14. The van der Waals surface area contributed by atoms with Crippen LogP contribution in [0.5, 0.6) is 5.75 Å². The van der Waals surface area contributed by atoms with E-state index in [1.54, 1.807) is 6.07 Å². The Kier molecular flexibility index (Phi) is 3.55. The fourth-order valence-electron chi connectivity index (χ4n) is 2.43. The van der Waals surface area contributed by atoms with Gasteiger partial charge in [-0.25, -0.2) is 4.39 Å². The number of fused-ring (bicyclic) bond motifs is 1. The molecule has 0 amide bonds. The van der Waals surface area contributed by atoms with Crippen molar-refractivity contribution in [3.63, 3.8) is 0 Å². The van der Waals surface area contributed by atoms with E-state index < -0.39 is 5.82 Å². The first-order valence-electron chi connectivity index (χ1n) is 6.75. The van der Waals surface area contributed by atoms with Gasteiger partial charge in [-0.2, -0.15) is 5.10 Å². The van der Waals surface area contributed by atoms with E-state index in [0.29, 0.717) is 16.3 Å². The van der Waals surface area contributed by atoms with Crippen molar-refractivity contribution in [1.29, 1.82) is 0 Å². The topological polar surface area (TPSA) is 38.0 Å². The van der Waals surface area contributed by atoms with E-state index in [1.807, 2.05) is 22.9 Å². The van der Waals surface area contributed by atoms with Gasteiger partial charge in [-0.05, 0) is 30.7 Å². The number of hydrogen-bond acceptors (Lipinski definition) is 2. The normalized spacial score (nSPS) is 11.2. The molecular weight excluding hydrogens is 291 g/mol. The number of benzene rings is 2. The Morgan fingerprint density at radius 2 is 2.10 bits per heavy atom. The monoisotopic (exact) mass is 304 g/mol. The van der Waals surface area contributed by atoms with E-state index in [4.69, 9.17) is 11.6 Å². The van der Waals surface area contributed by atoms with E-state index in [2.05, 4.69) is 12.0 Å². The number of phenolic OH excluding ortho intramolecular Hbond substituents is 1. The van der Waals surface area contributed by atoms with Gasteiger partial charge < -0.3 is 5.11 Å². The maximum Gasteiger partial charge on any atom is 0.165 e. The van der Waals surface area contributed by atoms with Crippen LogP contribution >= 0.6 is 11.6 Å². The van der Waals surface area contributed by atoms with Gasteiger partial charge in [0.1, 0.15) is 5.69 Å². The molecule has 0 saturated heterocycles. The molecule has 108 valence electrons. The zero-order chi connectivity index (χ0) is 15.0. The second-order valence-corrected chi connectivity index (χ2v) is 5.28. The van der Waals surface area contributed by atoms with Crippen LogP contribution in [0.1, 0.15) is 13.3 Å². The minimum atomic E-state index is -0.660. The molecule has 0 fully saturated rings. The predicted molar refractivity (Wildman–Crippen MR) is 82.1 cm³/mol. The fraction of sp³-hybridized carbons (Fsp3) is 0.188. The van der Waals surface area contributed by atoms with Crippen LogP contribution < -0.4 is 0 Å². The summed E-state index contributed by atoms with van der Waals surface area (Å²) in [6.45, 7) is 2.80. The van der Waals surface area contributed by atoms with Crippen molar-refractivity contribution in [1.82, 2.24) is 9.78 Å². The summed E-state index contributed by atoms with van der Waals surface area (Å²) in [6, 6.07) is 9.86. The SMILES string of the molecule is CCCn1nc(-c2ccc(O)c(F)c2)c2cccc(Cl)c21. The minimum absolute atomic E-state index is 0.367. The maximum absolute atomic E-state index is 13.6. The van der Waals surface area contributed by atoms with Gasteiger partial charge in [-0.1, -0.05) is 30.7 Å². The van der Waals surface area contributed by atoms with E-state index in [-0.39, 0.29) is 5.75 Å². The van der Waals surface area contributed by atoms with Gasteiger partial charge in [0.2, 0.25) is 0 Å². The number of hydrogen-bond donors (Lipinski definition) is 1. The summed E-state index contributed by atoms with van der Waals surface area (Å²) in [4.78, 5) is 0. The van der Waals surface area contributed by atoms with E-state index in [0.717, 1.165) is 23.9 Å². The first-order valence-corrected chi connectivity index (χ1v) is 7.13. The Morgan fingerprint density at radius 1 is 1.29 bits per heavy atom. The molecule has 0 aliphatic rings. The lowest BCUT2D eigenvalue weighted by molar-refractivity contribution is 0.432. The highest BCUT2D eigenvalue weighted by Gasteiger charge is 2.15. The smallest absolute Gasteiger partial charge is 0.165 e. The van der Waals surface area contributed by atoms with Crippen molar-refractivity contribution in [3.05, 3.63) is 47.2 Å². The molecule has 0 atom stereocenters. The van der Waals surface area contributed by atoms with Gasteiger partial charge in [0.25, 0.3) is 0 Å². The predicted octanol–water partition coefficient (Wildman–Crippen LogP) is 4.61. The van der Waals surface area contributed by atoms with E-state index in [1.165, 1.54) is 12.1 Å². The number of nitrogens with zero attached hydrogens (tertiary/aromatic N) is 2. The number of phenols is 1. The van der Waals surface area contributed by atoms with Crippen LogP contribution in [0.4, 0.5) is 4.39 Å². The molecule has 2 aromatic carbocycles. The molecule has 0 aliphatic heterocycles. The van der Waals surface area contributed by atoms with Crippen LogP contribution in [-0.4, -0.2) is 14.9 Å². The van der Waals surface area contributed by atoms with Crippen LogP contribution in [0.25, 0.3) is 22.2 Å². The van der Waals surface area contributed by atoms with Crippen LogP contribution in [0.15, 0.2) is 36.4 Å². The summed E-state index contributed by atoms with van der Waals surface area (Å²) in [5.74, 6) is -1.03. The quantitative estimate of drug-likeness (QED) is 0.767. The van der Waals surface area contributed by atoms with Crippen LogP contribution in [0.3, 0.4) is 0 Å². The molecule has 0 saturated carbocycles. The third-order valence-corrected chi connectivity index (χ3v) is 3.68. The Hall–Kier alpha value is -2.07. The standard InChI is InChI=1S/C16H14ClFN2O/c1-2-8-20-16-11(4-3-5-12(16)17)15(19-20)10-6-7-14(21)13(18)9-10/h3-7,9,21H,2,8H2,1H3. The minimum Gasteiger partial charge on any atom is -0.505 e. The van der Waals surface area contributed by atoms with Gasteiger partial charge in [-0.15, -0.1) is 0 Å². The van der Waals surface area contributed by atoms with E-state index >= 15 is 0 Å². The van der Waals surface area contributed by atoms with Gasteiger partial charge in [0.15, 0.2) is 11.6 Å². The van der Waals surface area contributed by atoms with Crippen molar-refractivity contribution >= 4 is 22.5 Å². The molecule has 3 nitrogen and oxygen atoms in total. The molecule has 0 bridgehead atoms. The average molecular weight is 305 g/mol. The molecule has 1 aromatic heterocycles. The van der Waals surface area contributed by atoms with E-state index in [9.17, 15) is 9.50 Å². The second-order valence-electron chi connectivity index (χ2n) is 4.87. The first-order chi connectivity index (χ1) is 10.1. The fourth-order valence-corrected chi connectivity index (χ4v) is 2.71. The lowest BCUT2D eigenvalue weighted by Gasteiger charge is -2.01. The van der Waals surface area contributed by atoms with Crippen molar-refractivity contribution in [2.24, 2.45) is 0 Å². The molecule has 3 aromatic rings. The van der Waals surface area contributed by atoms with Gasteiger partial charge in [0, 0.05) is 17.5 Å². The maximum atomic E-state index is 13.6. The molecule has 0 unspecified atom stereocenters. The Labute approximate surface area is 126 Å². The van der Waals surface area contributed by atoms with Crippen molar-refractivity contribution in [2.45, 2.75) is 19.9 Å². The molecule has 1 N–H and O–H groups in total. The summed E-state index contributed by atoms with van der Waals surface area (Å²) < 4.78 is 15.4. The van der Waals surface area contributed by atoms with Crippen molar-refractivity contribution < 1.29 is 9.50 Å². The van der Waals surface area contributed by atoms with Gasteiger partial charge in [0.05, 0.1) is 10.5 Å². The first kappa shape index (κ1) is 13.9. The lowest BCUT2D eigenvalue weighted by atomic mass is 10.1. The average Bonchev–Trinajstić information content (AvgIpc) is 2.83. The third kappa shape index (κ3) is 2.36. The Bertz CT molecular complexity index is 813. The zero-order valence-electron chi connectivity index (χ0n) is 11.5. The zero-order valence-corrected chi connectivity index (χ0v) is 12.2. The molecule has 21 heavy (non-hydrogen) atoms. The summed E-state index contributed by atoms with van der Waals surface area (Å²) in [5, 5.41) is 15.4. The summed E-state index contributed by atoms with van der Waals surface area (Å²) >= 11 is 6.28. The molecular formula is C16H14ClFN2O. The van der Waals surface area contributed by atoms with Crippen molar-refractivity contribution in [3.8, 4) is 17.0 Å². The molecule has 5 heteroatoms. The molecule has 1 heterocycles. The molecule has 0 spiro atoms. The number of aromatic hydroxyl groups is 1. The van der Waals surface area contributed by atoms with Crippen LogP contribution in [0, 0.1) is 5.82 Å². The third-order valence-electron chi connectivity index (χ3n) is 3.38. The molecule has 0 radical (unpaired) electrons. The molecule has 0 aliphatic carbocycles. The number of halogens is 2. The summed E-state index contributed by atoms with van der Waals surface area (Å²) in [6.07, 6.45) is 0.922. The highest BCUT2D eigenvalue weighted by Crippen LogP contribution is 2.33. The number of para-hydroxylation sites is 1. The number of aromatic nitrogens is 2. The largest absolute Gasteiger partial charge is 0.505 e. The number of rotatable bonds is 3. The highest BCUT2D eigenvalue weighted by atomic mass is 35.5. The molecule has 3 rings (SSSR count).